The van der Waals surface area contributed by atoms with Crippen molar-refractivity contribution in [3.63, 3.8) is 0 Å². The molecular weight excluding hydrogens is 274 g/mol. The maximum Gasteiger partial charge on any atom is 0.138 e. The maximum absolute atomic E-state index is 4.52. The van der Waals surface area contributed by atoms with Crippen molar-refractivity contribution in [3.8, 4) is 0 Å². The second kappa shape index (κ2) is 6.91. The second-order valence-electron chi connectivity index (χ2n) is 4.43. The number of anilines is 1. The van der Waals surface area contributed by atoms with Gasteiger partial charge in [0.05, 0.1) is 6.54 Å². The van der Waals surface area contributed by atoms with Crippen LogP contribution in [0.1, 0.15) is 28.8 Å². The van der Waals surface area contributed by atoms with Gasteiger partial charge in [0.1, 0.15) is 10.8 Å². The third-order valence-electron chi connectivity index (χ3n) is 2.55. The molecule has 0 aliphatic heterocycles. The molecule has 5 heteroatoms. The zero-order valence-corrected chi connectivity index (χ0v) is 13.2. The molecule has 3 nitrogen and oxygen atoms in total. The van der Waals surface area contributed by atoms with Crippen LogP contribution in [-0.4, -0.2) is 15.7 Å². The molecular formula is C14H19N3S2. The summed E-state index contributed by atoms with van der Waals surface area (Å²) in [7, 11) is 0. The van der Waals surface area contributed by atoms with Gasteiger partial charge in [-0.05, 0) is 43.8 Å². The van der Waals surface area contributed by atoms with Crippen molar-refractivity contribution in [1.29, 1.82) is 0 Å². The van der Waals surface area contributed by atoms with Gasteiger partial charge in [-0.15, -0.1) is 11.3 Å². The first-order valence-electron chi connectivity index (χ1n) is 6.43. The number of nitrogens with zero attached hydrogens (tertiary/aromatic N) is 3. The van der Waals surface area contributed by atoms with E-state index in [1.807, 2.05) is 24.3 Å². The Morgan fingerprint density at radius 2 is 2.05 bits per heavy atom. The first kappa shape index (κ1) is 14.3. The highest BCUT2D eigenvalue weighted by molar-refractivity contribution is 8.00. The van der Waals surface area contributed by atoms with Crippen LogP contribution in [0.5, 0.6) is 0 Å². The van der Waals surface area contributed by atoms with E-state index in [1.54, 1.807) is 11.3 Å². The van der Waals surface area contributed by atoms with Crippen molar-refractivity contribution >= 4 is 29.1 Å². The first-order chi connectivity index (χ1) is 9.19. The zero-order chi connectivity index (χ0) is 13.7. The Bertz CT molecular complexity index is 508. The quantitative estimate of drug-likeness (QED) is 0.746. The van der Waals surface area contributed by atoms with Gasteiger partial charge in [-0.1, -0.05) is 13.0 Å². The van der Waals surface area contributed by atoms with Gasteiger partial charge in [0.25, 0.3) is 0 Å². The van der Waals surface area contributed by atoms with Gasteiger partial charge in [-0.2, -0.15) is 0 Å². The molecule has 2 heterocycles. The maximum atomic E-state index is 4.52. The minimum Gasteiger partial charge on any atom is -0.294 e. The molecule has 19 heavy (non-hydrogen) atoms. The Morgan fingerprint density at radius 3 is 2.63 bits per heavy atom. The van der Waals surface area contributed by atoms with Crippen LogP contribution in [0.4, 0.5) is 5.82 Å². The van der Waals surface area contributed by atoms with E-state index >= 15 is 0 Å². The molecule has 0 bridgehead atoms. The fourth-order valence-corrected chi connectivity index (χ4v) is 3.31. The van der Waals surface area contributed by atoms with E-state index in [0.717, 1.165) is 29.5 Å². The Hall–Kier alpha value is -1.07. The highest BCUT2D eigenvalue weighted by Crippen LogP contribution is 2.25. The zero-order valence-electron chi connectivity index (χ0n) is 11.6. The standard InChI is InChI=1S/C14H19N3S2/c1-4-7-18-17(10-14-16-9-12(3)19-14)13-6-5-11(2)8-15-13/h5-6,8-9H,4,7,10H2,1-3H3. The molecule has 0 spiro atoms. The predicted octanol–water partition coefficient (Wildman–Crippen LogP) is 4.22. The summed E-state index contributed by atoms with van der Waals surface area (Å²) in [5.74, 6) is 2.11. The normalized spacial score (nSPS) is 10.7. The summed E-state index contributed by atoms with van der Waals surface area (Å²) in [5, 5.41) is 1.14. The van der Waals surface area contributed by atoms with Gasteiger partial charge < -0.3 is 0 Å². The van der Waals surface area contributed by atoms with Crippen LogP contribution >= 0.6 is 23.3 Å². The molecule has 0 amide bonds. The number of rotatable bonds is 6. The van der Waals surface area contributed by atoms with Crippen LogP contribution in [0.3, 0.4) is 0 Å². The predicted molar refractivity (Wildman–Crippen MR) is 84.8 cm³/mol. The molecule has 0 unspecified atom stereocenters. The average molecular weight is 293 g/mol. The second-order valence-corrected chi connectivity index (χ2v) is 6.85. The van der Waals surface area contributed by atoms with E-state index in [9.17, 15) is 0 Å². The summed E-state index contributed by atoms with van der Waals surface area (Å²) in [6.45, 7) is 7.17. The Labute approximate surface area is 123 Å². The number of hydrogen-bond donors (Lipinski definition) is 0. The molecule has 0 aliphatic carbocycles. The summed E-state index contributed by atoms with van der Waals surface area (Å²) in [4.78, 5) is 10.2. The van der Waals surface area contributed by atoms with Crippen molar-refractivity contribution < 1.29 is 0 Å². The minimum atomic E-state index is 0.819. The first-order valence-corrected chi connectivity index (χ1v) is 8.19. The van der Waals surface area contributed by atoms with E-state index < -0.39 is 0 Å². The van der Waals surface area contributed by atoms with Crippen LogP contribution in [0.25, 0.3) is 0 Å². The summed E-state index contributed by atoms with van der Waals surface area (Å²) < 4.78 is 2.24. The molecule has 0 fully saturated rings. The fraction of sp³-hybridized carbons (Fsp3) is 0.429. The highest BCUT2D eigenvalue weighted by Gasteiger charge is 2.11. The van der Waals surface area contributed by atoms with Crippen molar-refractivity contribution in [2.24, 2.45) is 0 Å². The van der Waals surface area contributed by atoms with Crippen LogP contribution in [0.2, 0.25) is 0 Å². The highest BCUT2D eigenvalue weighted by atomic mass is 32.2. The number of aryl methyl sites for hydroxylation is 2. The SMILES string of the molecule is CCCSN(Cc1ncc(C)s1)c1ccc(C)cn1. The smallest absolute Gasteiger partial charge is 0.138 e. The number of thiazole rings is 1. The van der Waals surface area contributed by atoms with Crippen LogP contribution in [-0.2, 0) is 6.54 Å². The van der Waals surface area contributed by atoms with Crippen molar-refractivity contribution in [2.45, 2.75) is 33.7 Å². The van der Waals surface area contributed by atoms with E-state index in [1.165, 1.54) is 10.4 Å². The molecule has 102 valence electrons. The van der Waals surface area contributed by atoms with Crippen LogP contribution < -0.4 is 4.31 Å². The summed E-state index contributed by atoms with van der Waals surface area (Å²) in [6, 6.07) is 4.19. The molecule has 0 saturated heterocycles. The van der Waals surface area contributed by atoms with E-state index in [4.69, 9.17) is 0 Å². The van der Waals surface area contributed by atoms with Gasteiger partial charge in [-0.25, -0.2) is 9.97 Å². The van der Waals surface area contributed by atoms with E-state index in [0.29, 0.717) is 0 Å². The minimum absolute atomic E-state index is 0.819. The lowest BCUT2D eigenvalue weighted by Gasteiger charge is -2.21. The summed E-state index contributed by atoms with van der Waals surface area (Å²) >= 11 is 3.58. The summed E-state index contributed by atoms with van der Waals surface area (Å²) in [6.07, 6.45) is 5.01. The topological polar surface area (TPSA) is 29.0 Å². The Morgan fingerprint density at radius 1 is 1.21 bits per heavy atom. The lowest BCUT2D eigenvalue weighted by Crippen LogP contribution is -2.15. The van der Waals surface area contributed by atoms with E-state index in [-0.39, 0.29) is 0 Å². The lowest BCUT2D eigenvalue weighted by molar-refractivity contribution is 0.990. The lowest BCUT2D eigenvalue weighted by atomic mass is 10.3. The van der Waals surface area contributed by atoms with Gasteiger partial charge in [0, 0.05) is 23.0 Å². The van der Waals surface area contributed by atoms with Crippen LogP contribution in [0, 0.1) is 13.8 Å². The third-order valence-corrected chi connectivity index (χ3v) is 4.67. The van der Waals surface area contributed by atoms with Crippen molar-refractivity contribution in [1.82, 2.24) is 9.97 Å². The molecule has 2 rings (SSSR count). The molecule has 0 saturated carbocycles. The Kier molecular flexibility index (Phi) is 5.22. The van der Waals surface area contributed by atoms with Crippen molar-refractivity contribution in [2.75, 3.05) is 10.1 Å². The third kappa shape index (κ3) is 4.21. The van der Waals surface area contributed by atoms with Gasteiger partial charge in [0.15, 0.2) is 0 Å². The van der Waals surface area contributed by atoms with Crippen LogP contribution in [0.15, 0.2) is 24.5 Å². The number of aromatic nitrogens is 2. The largest absolute Gasteiger partial charge is 0.294 e. The average Bonchev–Trinajstić information content (AvgIpc) is 2.81. The van der Waals surface area contributed by atoms with Gasteiger partial charge in [-0.3, -0.25) is 4.31 Å². The number of hydrogen-bond acceptors (Lipinski definition) is 5. The molecule has 0 aliphatic rings. The number of pyridine rings is 1. The molecule has 0 atom stereocenters. The molecule has 2 aromatic heterocycles. The molecule has 2 aromatic rings. The van der Waals surface area contributed by atoms with Gasteiger partial charge >= 0.3 is 0 Å². The fourth-order valence-electron chi connectivity index (χ4n) is 1.60. The van der Waals surface area contributed by atoms with Crippen molar-refractivity contribution in [3.05, 3.63) is 40.0 Å². The summed E-state index contributed by atoms with van der Waals surface area (Å²) in [5.41, 5.74) is 1.19. The molecule has 0 aromatic carbocycles. The molecule has 0 N–H and O–H groups in total. The monoisotopic (exact) mass is 293 g/mol. The van der Waals surface area contributed by atoms with Gasteiger partial charge in [0.2, 0.25) is 0 Å². The molecule has 0 radical (unpaired) electrons. The Balaban J connectivity index is 2.13. The van der Waals surface area contributed by atoms with E-state index in [2.05, 4.69) is 47.2 Å².